The van der Waals surface area contributed by atoms with Crippen LogP contribution in [0.25, 0.3) is 0 Å². The zero-order chi connectivity index (χ0) is 21.1. The van der Waals surface area contributed by atoms with E-state index >= 15 is 0 Å². The van der Waals surface area contributed by atoms with E-state index in [4.69, 9.17) is 0 Å². The third kappa shape index (κ3) is 6.39. The monoisotopic (exact) mass is 406 g/mol. The lowest BCUT2D eigenvalue weighted by Crippen LogP contribution is -2.28. The van der Waals surface area contributed by atoms with Gasteiger partial charge in [-0.15, -0.1) is 0 Å². The average Bonchev–Trinajstić information content (AvgIpc) is 2.86. The summed E-state index contributed by atoms with van der Waals surface area (Å²) >= 11 is 0. The Morgan fingerprint density at radius 1 is 0.419 bits per heavy atom. The average molecular weight is 407 g/mol. The van der Waals surface area contributed by atoms with Crippen LogP contribution in [0, 0.1) is 0 Å². The standard InChI is InChI=1S/C29H30N2/c1-5-13-24(14-6-1)22-30-28(26-17-9-3-10-18-26)21-29(27-19-11-4-12-20-27)31-23-25-15-7-2-8-16-25/h1-20,28-31H,21-23H2/t28-,29-/m1/s1. The maximum absolute atomic E-state index is 3.81. The zero-order valence-electron chi connectivity index (χ0n) is 17.8. The molecule has 0 saturated carbocycles. The second kappa shape index (κ2) is 11.3. The minimum absolute atomic E-state index is 0.245. The van der Waals surface area contributed by atoms with Crippen LogP contribution in [0.5, 0.6) is 0 Å². The Balaban J connectivity index is 1.53. The number of hydrogen-bond donors (Lipinski definition) is 2. The summed E-state index contributed by atoms with van der Waals surface area (Å²) in [6.45, 7) is 1.70. The fourth-order valence-electron chi connectivity index (χ4n) is 3.95. The van der Waals surface area contributed by atoms with Crippen molar-refractivity contribution in [2.45, 2.75) is 31.6 Å². The maximum Gasteiger partial charge on any atom is 0.0341 e. The van der Waals surface area contributed by atoms with Crippen molar-refractivity contribution in [3.63, 3.8) is 0 Å². The van der Waals surface area contributed by atoms with Gasteiger partial charge in [0.05, 0.1) is 0 Å². The van der Waals surface area contributed by atoms with Gasteiger partial charge >= 0.3 is 0 Å². The lowest BCUT2D eigenvalue weighted by atomic mass is 9.94. The van der Waals surface area contributed by atoms with Gasteiger partial charge in [-0.3, -0.25) is 0 Å². The van der Waals surface area contributed by atoms with Crippen molar-refractivity contribution in [3.05, 3.63) is 144 Å². The fourth-order valence-corrected chi connectivity index (χ4v) is 3.95. The normalized spacial score (nSPS) is 12.9. The van der Waals surface area contributed by atoms with E-state index < -0.39 is 0 Å². The third-order valence-electron chi connectivity index (χ3n) is 5.67. The van der Waals surface area contributed by atoms with E-state index in [0.29, 0.717) is 0 Å². The molecule has 0 aromatic heterocycles. The van der Waals surface area contributed by atoms with Crippen molar-refractivity contribution in [2.24, 2.45) is 0 Å². The van der Waals surface area contributed by atoms with Crippen LogP contribution >= 0.6 is 0 Å². The second-order valence-corrected chi connectivity index (χ2v) is 7.90. The van der Waals surface area contributed by atoms with Crippen LogP contribution in [-0.2, 0) is 13.1 Å². The molecule has 0 saturated heterocycles. The van der Waals surface area contributed by atoms with E-state index in [0.717, 1.165) is 19.5 Å². The smallest absolute Gasteiger partial charge is 0.0341 e. The molecule has 2 atom stereocenters. The summed E-state index contributed by atoms with van der Waals surface area (Å²) in [5.41, 5.74) is 5.25. The lowest BCUT2D eigenvalue weighted by molar-refractivity contribution is 0.403. The largest absolute Gasteiger partial charge is 0.306 e. The summed E-state index contributed by atoms with van der Waals surface area (Å²) < 4.78 is 0. The van der Waals surface area contributed by atoms with Gasteiger partial charge in [0.25, 0.3) is 0 Å². The first-order chi connectivity index (χ1) is 15.4. The molecular weight excluding hydrogens is 376 g/mol. The number of rotatable bonds is 10. The van der Waals surface area contributed by atoms with Gasteiger partial charge in [0.1, 0.15) is 0 Å². The molecule has 0 heterocycles. The van der Waals surface area contributed by atoms with E-state index in [1.54, 1.807) is 0 Å². The number of nitrogens with one attached hydrogen (secondary N) is 2. The molecule has 0 radical (unpaired) electrons. The lowest BCUT2D eigenvalue weighted by Gasteiger charge is -2.27. The van der Waals surface area contributed by atoms with Gasteiger partial charge in [-0.05, 0) is 28.7 Å². The van der Waals surface area contributed by atoms with E-state index in [2.05, 4.69) is 132 Å². The van der Waals surface area contributed by atoms with Crippen LogP contribution in [0.15, 0.2) is 121 Å². The molecule has 0 aliphatic rings. The molecule has 4 aromatic carbocycles. The van der Waals surface area contributed by atoms with Crippen molar-refractivity contribution in [3.8, 4) is 0 Å². The topological polar surface area (TPSA) is 24.1 Å². The van der Waals surface area contributed by atoms with Crippen molar-refractivity contribution in [1.29, 1.82) is 0 Å². The minimum Gasteiger partial charge on any atom is -0.306 e. The van der Waals surface area contributed by atoms with E-state index in [-0.39, 0.29) is 12.1 Å². The van der Waals surface area contributed by atoms with Crippen LogP contribution in [0.3, 0.4) is 0 Å². The third-order valence-corrected chi connectivity index (χ3v) is 5.67. The summed E-state index contributed by atoms with van der Waals surface area (Å²) in [6.07, 6.45) is 0.966. The molecular formula is C29H30N2. The van der Waals surface area contributed by atoms with Crippen molar-refractivity contribution in [1.82, 2.24) is 10.6 Å². The Hall–Kier alpha value is -3.20. The van der Waals surface area contributed by atoms with Gasteiger partial charge in [0.15, 0.2) is 0 Å². The van der Waals surface area contributed by atoms with Gasteiger partial charge in [0.2, 0.25) is 0 Å². The van der Waals surface area contributed by atoms with E-state index in [1.165, 1.54) is 22.3 Å². The molecule has 31 heavy (non-hydrogen) atoms. The first kappa shape index (κ1) is 21.0. The predicted molar refractivity (Wildman–Crippen MR) is 130 cm³/mol. The van der Waals surface area contributed by atoms with Crippen LogP contribution in [0.4, 0.5) is 0 Å². The summed E-state index contributed by atoms with van der Waals surface area (Å²) in [5.74, 6) is 0. The zero-order valence-corrected chi connectivity index (χ0v) is 17.8. The Morgan fingerprint density at radius 2 is 0.742 bits per heavy atom. The molecule has 0 aliphatic heterocycles. The quantitative estimate of drug-likeness (QED) is 0.317. The highest BCUT2D eigenvalue weighted by molar-refractivity contribution is 5.24. The van der Waals surface area contributed by atoms with Crippen LogP contribution in [0.2, 0.25) is 0 Å². The Kier molecular flexibility index (Phi) is 7.65. The van der Waals surface area contributed by atoms with Crippen LogP contribution < -0.4 is 10.6 Å². The summed E-state index contributed by atoms with van der Waals surface area (Å²) in [6, 6.07) is 43.3. The molecule has 156 valence electrons. The molecule has 0 amide bonds. The van der Waals surface area contributed by atoms with Gasteiger partial charge < -0.3 is 10.6 Å². The number of benzene rings is 4. The molecule has 2 N–H and O–H groups in total. The van der Waals surface area contributed by atoms with E-state index in [1.807, 2.05) is 0 Å². The highest BCUT2D eigenvalue weighted by Gasteiger charge is 2.19. The Labute approximate surface area is 186 Å². The molecule has 0 aliphatic carbocycles. The van der Waals surface area contributed by atoms with E-state index in [9.17, 15) is 0 Å². The van der Waals surface area contributed by atoms with Crippen LogP contribution in [0.1, 0.15) is 40.8 Å². The summed E-state index contributed by atoms with van der Waals surface area (Å²) in [5, 5.41) is 7.62. The minimum atomic E-state index is 0.245. The van der Waals surface area contributed by atoms with Crippen molar-refractivity contribution >= 4 is 0 Å². The van der Waals surface area contributed by atoms with Gasteiger partial charge in [-0.2, -0.15) is 0 Å². The highest BCUT2D eigenvalue weighted by atomic mass is 15.0. The SMILES string of the molecule is c1ccc(CN[C@H](C[C@@H](NCc2ccccc2)c2ccccc2)c2ccccc2)cc1. The molecule has 4 aromatic rings. The molecule has 0 unspecified atom stereocenters. The predicted octanol–water partition coefficient (Wildman–Crippen LogP) is 6.44. The number of hydrogen-bond acceptors (Lipinski definition) is 2. The molecule has 2 nitrogen and oxygen atoms in total. The molecule has 4 rings (SSSR count). The summed E-state index contributed by atoms with van der Waals surface area (Å²) in [7, 11) is 0. The Bertz CT molecular complexity index is 917. The summed E-state index contributed by atoms with van der Waals surface area (Å²) in [4.78, 5) is 0. The first-order valence-corrected chi connectivity index (χ1v) is 11.0. The van der Waals surface area contributed by atoms with Crippen LogP contribution in [-0.4, -0.2) is 0 Å². The molecule has 0 spiro atoms. The first-order valence-electron chi connectivity index (χ1n) is 11.0. The molecule has 2 heteroatoms. The van der Waals surface area contributed by atoms with Crippen molar-refractivity contribution in [2.75, 3.05) is 0 Å². The van der Waals surface area contributed by atoms with Gasteiger partial charge in [0, 0.05) is 25.2 Å². The molecule has 0 bridgehead atoms. The van der Waals surface area contributed by atoms with Crippen molar-refractivity contribution < 1.29 is 0 Å². The van der Waals surface area contributed by atoms with Gasteiger partial charge in [-0.1, -0.05) is 121 Å². The van der Waals surface area contributed by atoms with Gasteiger partial charge in [-0.25, -0.2) is 0 Å². The highest BCUT2D eigenvalue weighted by Crippen LogP contribution is 2.27. The molecule has 0 fully saturated rings. The second-order valence-electron chi connectivity index (χ2n) is 7.90. The maximum atomic E-state index is 3.81. The fraction of sp³-hybridized carbons (Fsp3) is 0.172. The Morgan fingerprint density at radius 3 is 1.10 bits per heavy atom.